The second kappa shape index (κ2) is 12.4. The van der Waals surface area contributed by atoms with Crippen LogP contribution in [0.25, 0.3) is 10.8 Å². The molecule has 1 unspecified atom stereocenters. The summed E-state index contributed by atoms with van der Waals surface area (Å²) in [6.07, 6.45) is 0.418. The fourth-order valence-corrected chi connectivity index (χ4v) is 5.92. The number of hydrogen-bond donors (Lipinski definition) is 3. The monoisotopic (exact) mass is 600 g/mol. The summed E-state index contributed by atoms with van der Waals surface area (Å²) in [5.41, 5.74) is 3.22. The van der Waals surface area contributed by atoms with E-state index in [1.165, 1.54) is 25.3 Å². The van der Waals surface area contributed by atoms with Crippen molar-refractivity contribution in [3.8, 4) is 5.75 Å². The van der Waals surface area contributed by atoms with Crippen LogP contribution in [0, 0.1) is 5.41 Å². The van der Waals surface area contributed by atoms with E-state index in [9.17, 15) is 19.3 Å². The lowest BCUT2D eigenvalue weighted by Gasteiger charge is -2.29. The summed E-state index contributed by atoms with van der Waals surface area (Å²) in [6, 6.07) is 12.9. The van der Waals surface area contributed by atoms with Gasteiger partial charge in [-0.2, -0.15) is 10.1 Å². The highest BCUT2D eigenvalue weighted by Gasteiger charge is 2.47. The van der Waals surface area contributed by atoms with Crippen LogP contribution in [0.5, 0.6) is 5.75 Å². The minimum absolute atomic E-state index is 0.0230. The van der Waals surface area contributed by atoms with Gasteiger partial charge in [-0.3, -0.25) is 13.9 Å². The summed E-state index contributed by atoms with van der Waals surface area (Å²) in [5.74, 6) is -0.358. The molecule has 0 aliphatic carbocycles. The third-order valence-electron chi connectivity index (χ3n) is 6.54. The van der Waals surface area contributed by atoms with E-state index in [1.807, 2.05) is 45.0 Å². The molecule has 226 valence electrons. The number of aliphatic hydroxyl groups excluding tert-OH is 1. The average Bonchev–Trinajstić information content (AvgIpc) is 3.27. The second-order valence-electron chi connectivity index (χ2n) is 11.4. The number of rotatable bonds is 11. The molecule has 12 nitrogen and oxygen atoms in total. The Hall–Kier alpha value is -3.54. The standard InChI is InChI=1S/C29H37N4O8P/c1-6-29(16-22(34)25(40-29)33-15-14-24(30)31-27(33)36)18-39-42(37,32-19(2)26(35)38-17-28(3,4)5)41-23-13-9-11-20-10-7-8-12-21(20)23/h6-15,19,22,25,34H,1,16-18H2,2-5H3,(H,32,37)(H2,30,31,36)/t19-,22+,25+,29-,42?/m0/s1. The number of nitrogens with two attached hydrogens (primary N) is 1. The van der Waals surface area contributed by atoms with Gasteiger partial charge in [-0.15, -0.1) is 6.58 Å². The molecule has 0 amide bonds. The van der Waals surface area contributed by atoms with E-state index in [4.69, 9.17) is 24.3 Å². The number of carbonyl (C=O) groups excluding carboxylic acids is 1. The van der Waals surface area contributed by atoms with Crippen LogP contribution in [0.15, 0.2) is 72.2 Å². The molecule has 1 aromatic heterocycles. The number of aromatic nitrogens is 2. The van der Waals surface area contributed by atoms with Crippen molar-refractivity contribution in [3.63, 3.8) is 0 Å². The molecule has 0 saturated carbocycles. The van der Waals surface area contributed by atoms with Crippen LogP contribution in [0.3, 0.4) is 0 Å². The van der Waals surface area contributed by atoms with E-state index in [1.54, 1.807) is 18.2 Å². The van der Waals surface area contributed by atoms with Gasteiger partial charge in [0.25, 0.3) is 0 Å². The van der Waals surface area contributed by atoms with Gasteiger partial charge in [-0.25, -0.2) is 9.36 Å². The maximum atomic E-state index is 14.3. The smallest absolute Gasteiger partial charge is 0.459 e. The molecule has 2 aromatic carbocycles. The lowest BCUT2D eigenvalue weighted by atomic mass is 9.99. The second-order valence-corrected chi connectivity index (χ2v) is 13.1. The van der Waals surface area contributed by atoms with Gasteiger partial charge < -0.3 is 24.8 Å². The molecule has 4 N–H and O–H groups in total. The summed E-state index contributed by atoms with van der Waals surface area (Å²) >= 11 is 0. The van der Waals surface area contributed by atoms with Crippen molar-refractivity contribution in [3.05, 3.63) is 77.9 Å². The quantitative estimate of drug-likeness (QED) is 0.166. The topological polar surface area (TPSA) is 164 Å². The van der Waals surface area contributed by atoms with E-state index in [0.717, 1.165) is 9.95 Å². The Labute approximate surface area is 244 Å². The first kappa shape index (κ1) is 31.4. The number of nitrogen functional groups attached to an aromatic ring is 1. The molecule has 0 spiro atoms. The molecule has 1 aliphatic heterocycles. The molecular weight excluding hydrogens is 563 g/mol. The van der Waals surface area contributed by atoms with Crippen LogP contribution in [0.1, 0.15) is 40.3 Å². The Bertz CT molecular complexity index is 1550. The van der Waals surface area contributed by atoms with Crippen molar-refractivity contribution in [1.82, 2.24) is 14.6 Å². The number of carbonyl (C=O) groups is 1. The van der Waals surface area contributed by atoms with Gasteiger partial charge in [0, 0.05) is 18.0 Å². The number of hydrogen-bond acceptors (Lipinski definition) is 10. The highest BCUT2D eigenvalue weighted by atomic mass is 31.2. The zero-order chi connectivity index (χ0) is 30.7. The summed E-state index contributed by atoms with van der Waals surface area (Å²) < 4.78 is 38.7. The van der Waals surface area contributed by atoms with Crippen molar-refractivity contribution in [2.24, 2.45) is 5.41 Å². The molecule has 1 aliphatic rings. The molecule has 0 bridgehead atoms. The van der Waals surface area contributed by atoms with Crippen LogP contribution in [-0.4, -0.2) is 51.6 Å². The fourth-order valence-electron chi connectivity index (χ4n) is 4.36. The van der Waals surface area contributed by atoms with Crippen LogP contribution < -0.4 is 21.0 Å². The normalized spacial score (nSPS) is 22.8. The number of esters is 1. The fraction of sp³-hybridized carbons (Fsp3) is 0.414. The number of aliphatic hydroxyl groups is 1. The summed E-state index contributed by atoms with van der Waals surface area (Å²) in [7, 11) is -4.31. The van der Waals surface area contributed by atoms with E-state index < -0.39 is 50.0 Å². The average molecular weight is 601 g/mol. The minimum Gasteiger partial charge on any atom is -0.464 e. The molecular formula is C29H37N4O8P. The maximum absolute atomic E-state index is 14.3. The van der Waals surface area contributed by atoms with Gasteiger partial charge >= 0.3 is 19.4 Å². The first-order valence-corrected chi connectivity index (χ1v) is 15.0. The Balaban J connectivity index is 1.59. The van der Waals surface area contributed by atoms with Crippen molar-refractivity contribution < 1.29 is 33.0 Å². The zero-order valence-electron chi connectivity index (χ0n) is 24.1. The Morgan fingerprint density at radius 1 is 1.31 bits per heavy atom. The van der Waals surface area contributed by atoms with Gasteiger partial charge in [0.15, 0.2) is 6.23 Å². The largest absolute Gasteiger partial charge is 0.464 e. The van der Waals surface area contributed by atoms with Crippen LogP contribution in [0.4, 0.5) is 5.82 Å². The van der Waals surface area contributed by atoms with Crippen molar-refractivity contribution in [1.29, 1.82) is 0 Å². The molecule has 2 heterocycles. The highest BCUT2D eigenvalue weighted by Crippen LogP contribution is 2.49. The number of nitrogens with one attached hydrogen (secondary N) is 1. The van der Waals surface area contributed by atoms with E-state index >= 15 is 0 Å². The van der Waals surface area contributed by atoms with Crippen molar-refractivity contribution >= 4 is 30.3 Å². The van der Waals surface area contributed by atoms with Gasteiger partial charge in [-0.05, 0) is 29.9 Å². The van der Waals surface area contributed by atoms with Crippen molar-refractivity contribution in [2.75, 3.05) is 18.9 Å². The molecule has 5 atom stereocenters. The molecule has 1 fully saturated rings. The predicted molar refractivity (Wildman–Crippen MR) is 158 cm³/mol. The van der Waals surface area contributed by atoms with Crippen LogP contribution >= 0.6 is 7.75 Å². The molecule has 0 radical (unpaired) electrons. The molecule has 42 heavy (non-hydrogen) atoms. The molecule has 13 heteroatoms. The zero-order valence-corrected chi connectivity index (χ0v) is 25.0. The number of nitrogens with zero attached hydrogens (tertiary/aromatic N) is 2. The van der Waals surface area contributed by atoms with Gasteiger partial charge in [0.1, 0.15) is 29.3 Å². The number of fused-ring (bicyclic) bond motifs is 1. The first-order valence-electron chi connectivity index (χ1n) is 13.4. The van der Waals surface area contributed by atoms with E-state index in [2.05, 4.69) is 16.7 Å². The van der Waals surface area contributed by atoms with E-state index in [0.29, 0.717) is 5.39 Å². The lowest BCUT2D eigenvalue weighted by Crippen LogP contribution is -2.38. The highest BCUT2D eigenvalue weighted by molar-refractivity contribution is 7.52. The number of benzene rings is 2. The minimum atomic E-state index is -4.31. The van der Waals surface area contributed by atoms with Gasteiger partial charge in [0.2, 0.25) is 0 Å². The lowest BCUT2D eigenvalue weighted by molar-refractivity contribution is -0.148. The Morgan fingerprint density at radius 2 is 2.02 bits per heavy atom. The maximum Gasteiger partial charge on any atom is 0.459 e. The Morgan fingerprint density at radius 3 is 2.71 bits per heavy atom. The summed E-state index contributed by atoms with van der Waals surface area (Å²) in [5, 5.41) is 15.0. The summed E-state index contributed by atoms with van der Waals surface area (Å²) in [4.78, 5) is 28.9. The summed E-state index contributed by atoms with van der Waals surface area (Å²) in [6.45, 7) is 10.8. The molecule has 3 aromatic rings. The first-order chi connectivity index (χ1) is 19.7. The SMILES string of the molecule is C=C[C@@]1(COP(=O)(N[C@@H](C)C(=O)OCC(C)(C)C)Oc2cccc3ccccc23)C[C@@H](O)[C@H](n2ccc(N)nc2=O)O1. The van der Waals surface area contributed by atoms with E-state index in [-0.39, 0.29) is 30.0 Å². The van der Waals surface area contributed by atoms with Crippen molar-refractivity contribution in [2.45, 2.75) is 58.1 Å². The third kappa shape index (κ3) is 7.45. The number of ether oxygens (including phenoxy) is 2. The predicted octanol–water partition coefficient (Wildman–Crippen LogP) is 3.95. The Kier molecular flexibility index (Phi) is 9.24. The molecule has 4 rings (SSSR count). The van der Waals surface area contributed by atoms with Gasteiger partial charge in [0.05, 0.1) is 13.2 Å². The van der Waals surface area contributed by atoms with Crippen LogP contribution in [0.2, 0.25) is 0 Å². The van der Waals surface area contributed by atoms with Gasteiger partial charge in [-0.1, -0.05) is 63.2 Å². The number of anilines is 1. The third-order valence-corrected chi connectivity index (χ3v) is 8.15. The molecule has 1 saturated heterocycles. The van der Waals surface area contributed by atoms with Crippen LogP contribution in [-0.2, 0) is 23.4 Å².